The lowest BCUT2D eigenvalue weighted by atomic mass is 10.1. The Labute approximate surface area is 200 Å². The largest absolute Gasteiger partial charge is 0.506 e. The lowest BCUT2D eigenvalue weighted by Gasteiger charge is -2.26. The third kappa shape index (κ3) is 5.88. The van der Waals surface area contributed by atoms with E-state index in [2.05, 4.69) is 15.8 Å². The van der Waals surface area contributed by atoms with E-state index in [1.807, 2.05) is 0 Å². The maximum Gasteiger partial charge on any atom is 0.191 e. The van der Waals surface area contributed by atoms with Gasteiger partial charge in [-0.15, -0.1) is 22.1 Å². The summed E-state index contributed by atoms with van der Waals surface area (Å²) in [6.07, 6.45) is 0. The van der Waals surface area contributed by atoms with Crippen LogP contribution in [0.3, 0.4) is 0 Å². The van der Waals surface area contributed by atoms with E-state index in [0.717, 1.165) is 5.56 Å². The van der Waals surface area contributed by atoms with E-state index in [9.17, 15) is 14.2 Å². The van der Waals surface area contributed by atoms with Crippen LogP contribution in [0.2, 0.25) is 10.0 Å². The first kappa shape index (κ1) is 23.8. The van der Waals surface area contributed by atoms with Gasteiger partial charge in [-0.25, -0.2) is 5.14 Å². The first-order valence-electron chi connectivity index (χ1n) is 8.60. The van der Waals surface area contributed by atoms with Gasteiger partial charge >= 0.3 is 0 Å². The van der Waals surface area contributed by atoms with Gasteiger partial charge in [0.15, 0.2) is 5.11 Å². The van der Waals surface area contributed by atoms with Crippen molar-refractivity contribution in [3.63, 3.8) is 0 Å². The molecule has 0 aliphatic rings. The van der Waals surface area contributed by atoms with Crippen molar-refractivity contribution in [1.29, 1.82) is 0 Å². The van der Waals surface area contributed by atoms with Crippen LogP contribution in [-0.4, -0.2) is 25.0 Å². The van der Waals surface area contributed by atoms with Crippen molar-refractivity contribution in [1.82, 2.24) is 5.43 Å². The highest BCUT2D eigenvalue weighted by Gasteiger charge is 2.16. The zero-order valence-electron chi connectivity index (χ0n) is 16.0. The zero-order chi connectivity index (χ0) is 22.8. The van der Waals surface area contributed by atoms with E-state index < -0.39 is 10.8 Å². The van der Waals surface area contributed by atoms with Gasteiger partial charge in [0, 0.05) is 11.1 Å². The van der Waals surface area contributed by atoms with Crippen LogP contribution in [-0.2, 0) is 0 Å². The molecule has 3 rings (SSSR count). The van der Waals surface area contributed by atoms with Gasteiger partial charge in [0.25, 0.3) is 0 Å². The second-order valence-corrected chi connectivity index (χ2v) is 10.1. The standard InChI is InChI=1S/C19H18Cl2N4O3S3/c1-10(14-9-30-18(17(14)26)11-2-7-15(20)16(21)8-11)24-25-19(29)23-12-3-5-13(6-4-12)31(22,27)28/h2-9,26-28H,22H2,1H3,(H2,23,25,29)/b24-10+. The summed E-state index contributed by atoms with van der Waals surface area (Å²) in [5, 5.41) is 25.9. The van der Waals surface area contributed by atoms with E-state index >= 15 is 0 Å². The minimum absolute atomic E-state index is 0.0849. The third-order valence-corrected chi connectivity index (χ3v) is 7.04. The molecule has 0 bridgehead atoms. The van der Waals surface area contributed by atoms with Gasteiger partial charge < -0.3 is 10.4 Å². The lowest BCUT2D eigenvalue weighted by molar-refractivity contribution is 0.478. The molecule has 0 saturated carbocycles. The van der Waals surface area contributed by atoms with Gasteiger partial charge in [-0.1, -0.05) is 29.3 Å². The second-order valence-electron chi connectivity index (χ2n) is 6.34. The van der Waals surface area contributed by atoms with Crippen LogP contribution in [0.5, 0.6) is 5.75 Å². The molecule has 0 radical (unpaired) electrons. The van der Waals surface area contributed by atoms with Gasteiger partial charge in [0.2, 0.25) is 0 Å². The molecule has 0 aliphatic heterocycles. The number of hydrogen-bond acceptors (Lipinski definition) is 7. The Morgan fingerprint density at radius 1 is 1.13 bits per heavy atom. The Bertz CT molecular complexity index is 1150. The molecule has 1 aromatic heterocycles. The molecule has 1 heterocycles. The average molecular weight is 517 g/mol. The number of thiocarbonyl (C=S) groups is 1. The van der Waals surface area contributed by atoms with Crippen molar-refractivity contribution in [3.05, 3.63) is 63.5 Å². The fourth-order valence-electron chi connectivity index (χ4n) is 2.54. The number of halogens is 2. The average Bonchev–Trinajstić information content (AvgIpc) is 3.09. The van der Waals surface area contributed by atoms with Crippen LogP contribution in [0.4, 0.5) is 5.69 Å². The number of thiophene rings is 1. The van der Waals surface area contributed by atoms with Gasteiger partial charge in [0.05, 0.1) is 31.1 Å². The molecule has 0 aliphatic carbocycles. The number of aromatic hydroxyl groups is 1. The molecule has 2 aromatic carbocycles. The molecule has 0 saturated heterocycles. The zero-order valence-corrected chi connectivity index (χ0v) is 19.9. The molecular weight excluding hydrogens is 499 g/mol. The number of rotatable bonds is 5. The van der Waals surface area contributed by atoms with Gasteiger partial charge in [0.1, 0.15) is 5.75 Å². The third-order valence-electron chi connectivity index (χ3n) is 4.12. The fourth-order valence-corrected chi connectivity index (χ4v) is 4.54. The Morgan fingerprint density at radius 3 is 2.42 bits per heavy atom. The van der Waals surface area contributed by atoms with Crippen molar-refractivity contribution < 1.29 is 14.2 Å². The summed E-state index contributed by atoms with van der Waals surface area (Å²) in [4.78, 5) is 0.867. The van der Waals surface area contributed by atoms with Crippen LogP contribution in [0.1, 0.15) is 12.5 Å². The number of anilines is 1. The van der Waals surface area contributed by atoms with Gasteiger partial charge in [-0.05, 0) is 61.1 Å². The molecule has 0 unspecified atom stereocenters. The first-order valence-corrected chi connectivity index (χ1v) is 12.2. The summed E-state index contributed by atoms with van der Waals surface area (Å²) in [5.41, 5.74) is 5.15. The Balaban J connectivity index is 1.68. The van der Waals surface area contributed by atoms with Crippen molar-refractivity contribution in [2.75, 3.05) is 5.32 Å². The van der Waals surface area contributed by atoms with Crippen LogP contribution < -0.4 is 15.9 Å². The van der Waals surface area contributed by atoms with Crippen molar-refractivity contribution in [2.24, 2.45) is 10.2 Å². The van der Waals surface area contributed by atoms with E-state index in [-0.39, 0.29) is 15.8 Å². The van der Waals surface area contributed by atoms with Gasteiger partial charge in [-0.3, -0.25) is 14.5 Å². The van der Waals surface area contributed by atoms with Crippen molar-refractivity contribution in [3.8, 4) is 16.2 Å². The highest BCUT2D eigenvalue weighted by atomic mass is 35.5. The predicted octanol–water partition coefficient (Wildman–Crippen LogP) is 6.12. The molecule has 164 valence electrons. The quantitative estimate of drug-likeness (QED) is 0.137. The molecule has 0 spiro atoms. The number of nitrogens with zero attached hydrogens (tertiary/aromatic N) is 1. The number of hydrazone groups is 1. The van der Waals surface area contributed by atoms with E-state index in [1.165, 1.54) is 23.5 Å². The molecule has 12 heteroatoms. The maximum atomic E-state index is 10.6. The first-order chi connectivity index (χ1) is 14.6. The SMILES string of the molecule is C/C(=N\NC(=S)Nc1ccc(S(N)(O)O)cc1)c1csc(-c2ccc(Cl)c(Cl)c2)c1O. The summed E-state index contributed by atoms with van der Waals surface area (Å²) in [7, 11) is -3.26. The maximum absolute atomic E-state index is 10.6. The summed E-state index contributed by atoms with van der Waals surface area (Å²) in [6.45, 7) is 1.73. The number of nitrogens with one attached hydrogen (secondary N) is 2. The normalized spacial score (nSPS) is 12.5. The monoisotopic (exact) mass is 516 g/mol. The summed E-state index contributed by atoms with van der Waals surface area (Å²) >= 11 is 18.6. The Kier molecular flexibility index (Phi) is 7.45. The molecule has 3 aromatic rings. The number of benzene rings is 2. The summed E-state index contributed by atoms with van der Waals surface area (Å²) < 4.78 is 18.9. The van der Waals surface area contributed by atoms with Crippen LogP contribution >= 0.6 is 57.5 Å². The van der Waals surface area contributed by atoms with E-state index in [1.54, 1.807) is 42.6 Å². The summed E-state index contributed by atoms with van der Waals surface area (Å²) in [6, 6.07) is 11.3. The minimum Gasteiger partial charge on any atom is -0.506 e. The molecule has 0 amide bonds. The van der Waals surface area contributed by atoms with Gasteiger partial charge in [-0.2, -0.15) is 5.10 Å². The predicted molar refractivity (Wildman–Crippen MR) is 135 cm³/mol. The van der Waals surface area contributed by atoms with Crippen molar-refractivity contribution in [2.45, 2.75) is 11.8 Å². The van der Waals surface area contributed by atoms with Crippen LogP contribution in [0.15, 0.2) is 57.8 Å². The molecule has 7 N–H and O–H groups in total. The smallest absolute Gasteiger partial charge is 0.191 e. The number of hydrogen-bond donors (Lipinski definition) is 6. The Morgan fingerprint density at radius 2 is 1.81 bits per heavy atom. The van der Waals surface area contributed by atoms with Crippen LogP contribution in [0, 0.1) is 0 Å². The van der Waals surface area contributed by atoms with E-state index in [4.69, 9.17) is 40.6 Å². The molecule has 7 nitrogen and oxygen atoms in total. The lowest BCUT2D eigenvalue weighted by Crippen LogP contribution is -2.24. The highest BCUT2D eigenvalue weighted by molar-refractivity contribution is 8.22. The molecular formula is C19H18Cl2N4O3S3. The highest BCUT2D eigenvalue weighted by Crippen LogP contribution is 2.41. The molecule has 31 heavy (non-hydrogen) atoms. The number of nitrogens with two attached hydrogens (primary N) is 1. The Hall–Kier alpha value is -1.89. The summed E-state index contributed by atoms with van der Waals surface area (Å²) in [5.74, 6) is 0.0849. The van der Waals surface area contributed by atoms with E-state index in [0.29, 0.717) is 31.9 Å². The van der Waals surface area contributed by atoms with Crippen LogP contribution in [0.25, 0.3) is 10.4 Å². The molecule has 0 atom stereocenters. The second kappa shape index (κ2) is 9.72. The topological polar surface area (TPSA) is 123 Å². The van der Waals surface area contributed by atoms with Crippen molar-refractivity contribution >= 4 is 74.0 Å². The molecule has 0 fully saturated rings. The fraction of sp³-hybridized carbons (Fsp3) is 0.0526. The minimum atomic E-state index is -3.26.